The van der Waals surface area contributed by atoms with Gasteiger partial charge in [0.2, 0.25) is 0 Å². The van der Waals surface area contributed by atoms with E-state index in [2.05, 4.69) is 0 Å². The number of hydrogen-bond donors (Lipinski definition) is 0. The zero-order valence-electron chi connectivity index (χ0n) is 16.9. The van der Waals surface area contributed by atoms with Crippen LogP contribution in [0.15, 0.2) is 91.3 Å². The molecule has 1 heterocycles. The number of rotatable bonds is 4. The molecule has 31 heavy (non-hydrogen) atoms. The molecule has 0 fully saturated rings. The Morgan fingerprint density at radius 2 is 1.35 bits per heavy atom. The summed E-state index contributed by atoms with van der Waals surface area (Å²) in [5.41, 5.74) is 0.345. The molecule has 0 aliphatic heterocycles. The minimum absolute atomic E-state index is 0. The Kier molecular flexibility index (Phi) is 5.62. The number of pyridine rings is 1. The summed E-state index contributed by atoms with van der Waals surface area (Å²) in [6, 6.07) is 24.4. The molecule has 0 saturated carbocycles. The number of ketones is 2. The summed E-state index contributed by atoms with van der Waals surface area (Å²) in [6.07, 6.45) is 3.92. The highest BCUT2D eigenvalue weighted by Crippen LogP contribution is 2.40. The minimum atomic E-state index is -1.30. The van der Waals surface area contributed by atoms with E-state index >= 15 is 0 Å². The number of fused-ring (bicyclic) bond motifs is 2. The smallest absolute Gasteiger partial charge is 0.188 e. The highest BCUT2D eigenvalue weighted by Gasteiger charge is 2.57. The largest absolute Gasteiger partial charge is 1.00 e. The molecular weight excluding hydrogens is 501 g/mol. The summed E-state index contributed by atoms with van der Waals surface area (Å²) < 4.78 is 7.21. The molecule has 0 atom stereocenters. The first kappa shape index (κ1) is 21.2. The third kappa shape index (κ3) is 3.33. The molecule has 0 saturated heterocycles. The summed E-state index contributed by atoms with van der Waals surface area (Å²) >= 11 is 0. The molecule has 4 aromatic rings. The normalized spacial score (nSPS) is 14.2. The third-order valence-electron chi connectivity index (χ3n) is 5.94. The number of aromatic nitrogens is 1. The topological polar surface area (TPSA) is 47.2 Å². The number of hydrogen-bond acceptors (Lipinski definition) is 3. The van der Waals surface area contributed by atoms with Crippen LogP contribution in [-0.2, 0) is 12.0 Å². The second-order valence-electron chi connectivity index (χ2n) is 7.58. The van der Waals surface area contributed by atoms with Crippen LogP contribution in [0.1, 0.15) is 26.3 Å². The predicted octanol–water partition coefficient (Wildman–Crippen LogP) is 1.16. The minimum Gasteiger partial charge on any atom is -1.00 e. The molecule has 154 valence electrons. The summed E-state index contributed by atoms with van der Waals surface area (Å²) in [5, 5.41) is 2.17. The lowest BCUT2D eigenvalue weighted by atomic mass is 9.75. The fraction of sp³-hybridized carbons (Fsp3) is 0.115. The molecule has 3 aromatic carbocycles. The zero-order valence-corrected chi connectivity index (χ0v) is 19.1. The number of ether oxygens (including phenoxy) is 1. The van der Waals surface area contributed by atoms with Crippen molar-refractivity contribution in [3.05, 3.63) is 108 Å². The predicted molar refractivity (Wildman–Crippen MR) is 114 cm³/mol. The van der Waals surface area contributed by atoms with Crippen LogP contribution in [0, 0.1) is 0 Å². The van der Waals surface area contributed by atoms with Gasteiger partial charge in [0, 0.05) is 22.6 Å². The molecule has 0 bridgehead atoms. The van der Waals surface area contributed by atoms with Crippen molar-refractivity contribution in [2.45, 2.75) is 12.0 Å². The van der Waals surface area contributed by atoms with Gasteiger partial charge in [0.1, 0.15) is 5.75 Å². The SMILES string of the molecule is COc1ccc(C2(C[n+]3ccc4ccccc4c3)C(=O)c3ccccc3C2=O)cc1.[I-]. The lowest BCUT2D eigenvalue weighted by Gasteiger charge is -2.23. The monoisotopic (exact) mass is 521 g/mol. The van der Waals surface area contributed by atoms with E-state index in [1.165, 1.54) is 0 Å². The Labute approximate surface area is 197 Å². The van der Waals surface area contributed by atoms with Crippen molar-refractivity contribution < 1.29 is 42.9 Å². The lowest BCUT2D eigenvalue weighted by molar-refractivity contribution is -0.699. The van der Waals surface area contributed by atoms with Gasteiger partial charge in [0.15, 0.2) is 35.9 Å². The van der Waals surface area contributed by atoms with Crippen molar-refractivity contribution in [1.82, 2.24) is 0 Å². The Hall–Kier alpha value is -3.06. The van der Waals surface area contributed by atoms with Gasteiger partial charge in [-0.15, -0.1) is 0 Å². The number of carbonyl (C=O) groups is 2. The molecule has 0 amide bonds. The Morgan fingerprint density at radius 3 is 1.97 bits per heavy atom. The van der Waals surface area contributed by atoms with E-state index in [-0.39, 0.29) is 42.1 Å². The van der Waals surface area contributed by atoms with Crippen LogP contribution in [0.3, 0.4) is 0 Å². The van der Waals surface area contributed by atoms with Gasteiger partial charge >= 0.3 is 0 Å². The van der Waals surface area contributed by atoms with Crippen LogP contribution in [0.5, 0.6) is 5.75 Å². The van der Waals surface area contributed by atoms with E-state index in [1.54, 1.807) is 43.5 Å². The second kappa shape index (κ2) is 8.23. The zero-order chi connectivity index (χ0) is 20.7. The molecule has 0 spiro atoms. The summed E-state index contributed by atoms with van der Waals surface area (Å²) in [7, 11) is 1.59. The first-order valence-corrected chi connectivity index (χ1v) is 9.84. The highest BCUT2D eigenvalue weighted by molar-refractivity contribution is 6.33. The van der Waals surface area contributed by atoms with Crippen molar-refractivity contribution in [2.24, 2.45) is 0 Å². The maximum absolute atomic E-state index is 13.7. The molecular formula is C26H20INO3. The van der Waals surface area contributed by atoms with E-state index < -0.39 is 5.41 Å². The Bertz CT molecular complexity index is 1260. The van der Waals surface area contributed by atoms with E-state index in [0.29, 0.717) is 22.4 Å². The number of carbonyl (C=O) groups excluding carboxylic acids is 2. The number of methoxy groups -OCH3 is 1. The average molecular weight is 521 g/mol. The molecule has 0 N–H and O–H groups in total. The van der Waals surface area contributed by atoms with Gasteiger partial charge < -0.3 is 28.7 Å². The Balaban J connectivity index is 0.00000231. The summed E-state index contributed by atoms with van der Waals surface area (Å²) in [6.45, 7) is 0.233. The van der Waals surface area contributed by atoms with Crippen molar-refractivity contribution in [3.8, 4) is 5.75 Å². The van der Waals surface area contributed by atoms with E-state index in [1.807, 2.05) is 59.4 Å². The number of benzene rings is 3. The number of Topliss-reactive ketones (excluding diaryl/α,β-unsaturated/α-hetero) is 2. The lowest BCUT2D eigenvalue weighted by Crippen LogP contribution is -3.00. The molecule has 1 aromatic heterocycles. The molecule has 1 aliphatic rings. The third-order valence-corrected chi connectivity index (χ3v) is 5.94. The number of nitrogens with zero attached hydrogens (tertiary/aromatic N) is 1. The number of halogens is 1. The molecule has 4 nitrogen and oxygen atoms in total. The van der Waals surface area contributed by atoms with Crippen LogP contribution in [0.4, 0.5) is 0 Å². The van der Waals surface area contributed by atoms with E-state index in [0.717, 1.165) is 10.8 Å². The first-order chi connectivity index (χ1) is 14.6. The van der Waals surface area contributed by atoms with Crippen LogP contribution >= 0.6 is 0 Å². The quantitative estimate of drug-likeness (QED) is 0.230. The maximum Gasteiger partial charge on any atom is 0.188 e. The molecule has 0 unspecified atom stereocenters. The van der Waals surface area contributed by atoms with Crippen molar-refractivity contribution >= 4 is 22.3 Å². The van der Waals surface area contributed by atoms with Crippen molar-refractivity contribution in [2.75, 3.05) is 7.11 Å². The fourth-order valence-electron chi connectivity index (χ4n) is 4.36. The van der Waals surface area contributed by atoms with Crippen LogP contribution in [-0.4, -0.2) is 18.7 Å². The molecule has 0 radical (unpaired) electrons. The van der Waals surface area contributed by atoms with Gasteiger partial charge in [0.05, 0.1) is 7.11 Å². The van der Waals surface area contributed by atoms with Gasteiger partial charge in [-0.05, 0) is 29.1 Å². The van der Waals surface area contributed by atoms with Crippen molar-refractivity contribution in [1.29, 1.82) is 0 Å². The van der Waals surface area contributed by atoms with Gasteiger partial charge in [-0.1, -0.05) is 54.6 Å². The highest BCUT2D eigenvalue weighted by atomic mass is 127. The molecule has 5 heteroatoms. The molecule has 5 rings (SSSR count). The summed E-state index contributed by atoms with van der Waals surface area (Å²) in [4.78, 5) is 27.4. The van der Waals surface area contributed by atoms with Gasteiger partial charge in [-0.3, -0.25) is 9.59 Å². The molecule has 1 aliphatic carbocycles. The average Bonchev–Trinajstić information content (AvgIpc) is 3.02. The second-order valence-corrected chi connectivity index (χ2v) is 7.58. The Morgan fingerprint density at radius 1 is 0.774 bits per heavy atom. The van der Waals surface area contributed by atoms with Gasteiger partial charge in [-0.25, -0.2) is 4.57 Å². The van der Waals surface area contributed by atoms with Crippen LogP contribution in [0.2, 0.25) is 0 Å². The van der Waals surface area contributed by atoms with Gasteiger partial charge in [-0.2, -0.15) is 0 Å². The van der Waals surface area contributed by atoms with Crippen molar-refractivity contribution in [3.63, 3.8) is 0 Å². The fourth-order valence-corrected chi connectivity index (χ4v) is 4.36. The summed E-state index contributed by atoms with van der Waals surface area (Å²) in [5.74, 6) is 0.366. The van der Waals surface area contributed by atoms with Crippen LogP contribution in [0.25, 0.3) is 10.8 Å². The maximum atomic E-state index is 13.7. The standard InChI is InChI=1S/C26H20NO3.HI/c1-30-21-12-10-20(11-13-21)26(24(28)22-8-4-5-9-23(22)25(26)29)17-27-15-14-18-6-2-3-7-19(18)16-27;/h2-16H,17H2,1H3;1H/q+1;/p-1. The first-order valence-electron chi connectivity index (χ1n) is 9.84. The van der Waals surface area contributed by atoms with Crippen LogP contribution < -0.4 is 33.3 Å². The van der Waals surface area contributed by atoms with Gasteiger partial charge in [0.25, 0.3) is 0 Å². The van der Waals surface area contributed by atoms with E-state index in [4.69, 9.17) is 4.74 Å². The van der Waals surface area contributed by atoms with E-state index in [9.17, 15) is 9.59 Å².